The van der Waals surface area contributed by atoms with Crippen LogP contribution in [0.15, 0.2) is 54.7 Å². The van der Waals surface area contributed by atoms with E-state index in [1.807, 2.05) is 35.0 Å². The lowest BCUT2D eigenvalue weighted by molar-refractivity contribution is -0.142. The van der Waals surface area contributed by atoms with Crippen LogP contribution in [-0.4, -0.2) is 51.6 Å². The fourth-order valence-electron chi connectivity index (χ4n) is 4.73. The van der Waals surface area contributed by atoms with Gasteiger partial charge in [0.05, 0.1) is 38.8 Å². The normalized spacial score (nSPS) is 16.3. The van der Waals surface area contributed by atoms with E-state index in [1.54, 1.807) is 33.3 Å². The van der Waals surface area contributed by atoms with Crippen molar-refractivity contribution in [3.63, 3.8) is 0 Å². The minimum Gasteiger partial charge on any atom is -0.493 e. The lowest BCUT2D eigenvalue weighted by Gasteiger charge is -2.25. The molecular formula is C27H28FN5O5. The molecule has 0 saturated carbocycles. The number of methoxy groups -OCH3 is 2. The SMILES string of the molecule is CCOC(=O)Cc1nnn(CCC2OC(c3cccc(OC)c3OC)c3cc(F)ccc3-n3cccc32)n1. The summed E-state index contributed by atoms with van der Waals surface area (Å²) >= 11 is 0. The molecule has 0 saturated heterocycles. The van der Waals surface area contributed by atoms with Crippen molar-refractivity contribution in [2.24, 2.45) is 0 Å². The number of nitrogens with zero attached hydrogens (tertiary/aromatic N) is 5. The topological polar surface area (TPSA) is 103 Å². The molecule has 1 aliphatic heterocycles. The number of ether oxygens (including phenoxy) is 4. The van der Waals surface area contributed by atoms with Gasteiger partial charge in [-0.2, -0.15) is 4.80 Å². The van der Waals surface area contributed by atoms with Gasteiger partial charge in [0.1, 0.15) is 24.4 Å². The quantitative estimate of drug-likeness (QED) is 0.305. The molecule has 2 atom stereocenters. The number of para-hydroxylation sites is 1. The van der Waals surface area contributed by atoms with Crippen molar-refractivity contribution in [1.29, 1.82) is 0 Å². The summed E-state index contributed by atoms with van der Waals surface area (Å²) in [7, 11) is 3.13. The number of benzene rings is 2. The Kier molecular flexibility index (Phi) is 7.36. The average molecular weight is 522 g/mol. The van der Waals surface area contributed by atoms with E-state index >= 15 is 0 Å². The third-order valence-electron chi connectivity index (χ3n) is 6.35. The van der Waals surface area contributed by atoms with Gasteiger partial charge in [-0.25, -0.2) is 4.39 Å². The number of carbonyl (C=O) groups is 1. The van der Waals surface area contributed by atoms with E-state index in [0.717, 1.165) is 11.4 Å². The molecule has 2 aromatic heterocycles. The van der Waals surface area contributed by atoms with E-state index in [4.69, 9.17) is 18.9 Å². The van der Waals surface area contributed by atoms with Crippen molar-refractivity contribution >= 4 is 5.97 Å². The average Bonchev–Trinajstić information content (AvgIpc) is 3.56. The van der Waals surface area contributed by atoms with E-state index in [9.17, 15) is 9.18 Å². The lowest BCUT2D eigenvalue weighted by Crippen LogP contribution is -2.15. The first-order valence-corrected chi connectivity index (χ1v) is 12.3. The number of aryl methyl sites for hydroxylation is 1. The Morgan fingerprint density at radius 1 is 1.11 bits per heavy atom. The number of aromatic nitrogens is 5. The first-order valence-electron chi connectivity index (χ1n) is 12.3. The van der Waals surface area contributed by atoms with Crippen LogP contribution in [-0.2, 0) is 27.2 Å². The number of halogens is 1. The van der Waals surface area contributed by atoms with Gasteiger partial charge in [-0.3, -0.25) is 4.79 Å². The molecular weight excluding hydrogens is 493 g/mol. The molecule has 11 heteroatoms. The summed E-state index contributed by atoms with van der Waals surface area (Å²) in [4.78, 5) is 13.2. The summed E-state index contributed by atoms with van der Waals surface area (Å²) < 4.78 is 39.5. The molecule has 4 aromatic rings. The lowest BCUT2D eigenvalue weighted by atomic mass is 9.98. The second-order valence-corrected chi connectivity index (χ2v) is 8.67. The Morgan fingerprint density at radius 2 is 1.97 bits per heavy atom. The maximum Gasteiger partial charge on any atom is 0.313 e. The zero-order valence-electron chi connectivity index (χ0n) is 21.3. The molecule has 10 nitrogen and oxygen atoms in total. The number of carbonyl (C=O) groups excluding carboxylic acids is 1. The zero-order chi connectivity index (χ0) is 26.6. The maximum atomic E-state index is 14.6. The molecule has 2 aromatic carbocycles. The molecule has 0 N–H and O–H groups in total. The van der Waals surface area contributed by atoms with Gasteiger partial charge < -0.3 is 23.5 Å². The summed E-state index contributed by atoms with van der Waals surface area (Å²) in [5.74, 6) is 0.579. The Labute approximate surface area is 218 Å². The Bertz CT molecular complexity index is 1430. The highest BCUT2D eigenvalue weighted by atomic mass is 19.1. The van der Waals surface area contributed by atoms with Crippen LogP contribution in [0.3, 0.4) is 0 Å². The Balaban J connectivity index is 1.49. The third-order valence-corrected chi connectivity index (χ3v) is 6.35. The number of rotatable bonds is 9. The van der Waals surface area contributed by atoms with Crippen LogP contribution in [0.1, 0.15) is 48.2 Å². The summed E-state index contributed by atoms with van der Waals surface area (Å²) in [6, 6.07) is 14.1. The third kappa shape index (κ3) is 4.97. The molecule has 198 valence electrons. The van der Waals surface area contributed by atoms with E-state index < -0.39 is 18.2 Å². The predicted octanol–water partition coefficient (Wildman–Crippen LogP) is 3.98. The highest BCUT2D eigenvalue weighted by Gasteiger charge is 2.33. The highest BCUT2D eigenvalue weighted by molar-refractivity contribution is 5.71. The smallest absolute Gasteiger partial charge is 0.313 e. The fourth-order valence-corrected chi connectivity index (χ4v) is 4.73. The van der Waals surface area contributed by atoms with Crippen LogP contribution >= 0.6 is 0 Å². The first-order chi connectivity index (χ1) is 18.5. The van der Waals surface area contributed by atoms with Crippen molar-refractivity contribution < 1.29 is 28.1 Å². The number of hydrogen-bond donors (Lipinski definition) is 0. The Hall–Kier alpha value is -4.25. The van der Waals surface area contributed by atoms with E-state index in [2.05, 4.69) is 15.4 Å². The Morgan fingerprint density at radius 3 is 2.76 bits per heavy atom. The second kappa shape index (κ2) is 11.0. The number of fused-ring (bicyclic) bond motifs is 3. The summed E-state index contributed by atoms with van der Waals surface area (Å²) in [6.07, 6.45) is 1.30. The zero-order valence-corrected chi connectivity index (χ0v) is 21.3. The standard InChI is InChI=1S/C27H28FN5O5/c1-4-37-25(34)16-24-29-31-33(30-24)14-12-22-21-8-6-13-32(21)20-11-10-17(28)15-19(20)26(38-22)18-7-5-9-23(35-2)27(18)36-3/h5-11,13,15,22,26H,4,12,14,16H2,1-3H3. The maximum absolute atomic E-state index is 14.6. The van der Waals surface area contributed by atoms with Crippen molar-refractivity contribution in [1.82, 2.24) is 24.8 Å². The largest absolute Gasteiger partial charge is 0.493 e. The van der Waals surface area contributed by atoms with Gasteiger partial charge in [0.25, 0.3) is 0 Å². The summed E-state index contributed by atoms with van der Waals surface area (Å²) in [6.45, 7) is 2.40. The number of hydrogen-bond acceptors (Lipinski definition) is 8. The van der Waals surface area contributed by atoms with Crippen LogP contribution in [0.5, 0.6) is 11.5 Å². The van der Waals surface area contributed by atoms with Crippen molar-refractivity contribution in [3.8, 4) is 17.2 Å². The monoisotopic (exact) mass is 521 g/mol. The molecule has 0 bridgehead atoms. The van der Waals surface area contributed by atoms with Gasteiger partial charge in [-0.15, -0.1) is 10.2 Å². The van der Waals surface area contributed by atoms with Gasteiger partial charge in [0.2, 0.25) is 0 Å². The van der Waals surface area contributed by atoms with Crippen LogP contribution in [0, 0.1) is 5.82 Å². The molecule has 5 rings (SSSR count). The van der Waals surface area contributed by atoms with E-state index in [0.29, 0.717) is 35.6 Å². The fraction of sp³-hybridized carbons (Fsp3) is 0.333. The highest BCUT2D eigenvalue weighted by Crippen LogP contribution is 2.46. The number of esters is 1. The van der Waals surface area contributed by atoms with E-state index in [-0.39, 0.29) is 24.7 Å². The molecule has 38 heavy (non-hydrogen) atoms. The first kappa shape index (κ1) is 25.4. The summed E-state index contributed by atoms with van der Waals surface area (Å²) in [5, 5.41) is 12.4. The molecule has 0 amide bonds. The van der Waals surface area contributed by atoms with Crippen LogP contribution in [0.2, 0.25) is 0 Å². The van der Waals surface area contributed by atoms with Gasteiger partial charge >= 0.3 is 5.97 Å². The molecule has 0 aliphatic carbocycles. The molecule has 2 unspecified atom stereocenters. The van der Waals surface area contributed by atoms with Gasteiger partial charge in [0.15, 0.2) is 17.3 Å². The predicted molar refractivity (Wildman–Crippen MR) is 134 cm³/mol. The molecule has 0 fully saturated rings. The van der Waals surface area contributed by atoms with Crippen molar-refractivity contribution in [2.75, 3.05) is 20.8 Å². The van der Waals surface area contributed by atoms with Crippen LogP contribution in [0.4, 0.5) is 4.39 Å². The van der Waals surface area contributed by atoms with Crippen LogP contribution in [0.25, 0.3) is 5.69 Å². The van der Waals surface area contributed by atoms with Crippen molar-refractivity contribution in [2.45, 2.75) is 38.5 Å². The molecule has 1 aliphatic rings. The van der Waals surface area contributed by atoms with Crippen molar-refractivity contribution in [3.05, 3.63) is 83.2 Å². The minimum absolute atomic E-state index is 0.0464. The van der Waals surface area contributed by atoms with Crippen LogP contribution < -0.4 is 9.47 Å². The van der Waals surface area contributed by atoms with Gasteiger partial charge in [0, 0.05) is 23.7 Å². The summed E-state index contributed by atoms with van der Waals surface area (Å²) in [5.41, 5.74) is 3.07. The van der Waals surface area contributed by atoms with Gasteiger partial charge in [-0.05, 0) is 48.5 Å². The minimum atomic E-state index is -0.654. The van der Waals surface area contributed by atoms with E-state index in [1.165, 1.54) is 16.9 Å². The van der Waals surface area contributed by atoms with Gasteiger partial charge in [-0.1, -0.05) is 12.1 Å². The number of tetrazole rings is 1. The molecule has 0 radical (unpaired) electrons. The second-order valence-electron chi connectivity index (χ2n) is 8.67. The molecule has 0 spiro atoms. The molecule has 3 heterocycles.